The van der Waals surface area contributed by atoms with Gasteiger partial charge in [-0.1, -0.05) is 73.0 Å². The van der Waals surface area contributed by atoms with E-state index in [0.29, 0.717) is 17.1 Å². The van der Waals surface area contributed by atoms with E-state index < -0.39 is 0 Å². The lowest BCUT2D eigenvalue weighted by Gasteiger charge is -2.11. The molecule has 4 nitrogen and oxygen atoms in total. The molecule has 3 heterocycles. The number of hydrogen-bond acceptors (Lipinski definition) is 3. The van der Waals surface area contributed by atoms with Gasteiger partial charge in [-0.15, -0.1) is 0 Å². The topological polar surface area (TPSA) is 53.1 Å². The minimum Gasteiger partial charge on any atom is -0.342 e. The summed E-state index contributed by atoms with van der Waals surface area (Å²) in [6.07, 6.45) is 10.4. The highest BCUT2D eigenvalue weighted by Crippen LogP contribution is 2.36. The van der Waals surface area contributed by atoms with Crippen molar-refractivity contribution in [2.75, 3.05) is 6.54 Å². The molecule has 0 radical (unpaired) electrons. The number of nitrogens with one attached hydrogen (secondary N) is 2. The minimum atomic E-state index is 0.381. The molecular weight excluding hydrogens is 476 g/mol. The Balaban J connectivity index is 1.09. The zero-order valence-electron chi connectivity index (χ0n) is 20.9. The quantitative estimate of drug-likeness (QED) is 0.269. The average Bonchev–Trinajstić information content (AvgIpc) is 3.75. The van der Waals surface area contributed by atoms with Crippen molar-refractivity contribution in [1.29, 1.82) is 0 Å². The van der Waals surface area contributed by atoms with Gasteiger partial charge in [0.1, 0.15) is 11.0 Å². The Morgan fingerprint density at radius 1 is 0.757 bits per heavy atom. The van der Waals surface area contributed by atoms with E-state index in [-0.39, 0.29) is 0 Å². The molecular formula is C32H31ClN4. The molecule has 2 N–H and O–H groups in total. The fraction of sp³-hybridized carbons (Fsp3) is 0.312. The first-order chi connectivity index (χ1) is 18.2. The molecule has 3 aromatic carbocycles. The lowest BCUT2D eigenvalue weighted by Crippen LogP contribution is -2.29. The van der Waals surface area contributed by atoms with E-state index in [0.717, 1.165) is 42.0 Å². The number of hydrogen-bond donors (Lipinski definition) is 2. The van der Waals surface area contributed by atoms with Crippen LogP contribution in [0.5, 0.6) is 0 Å². The summed E-state index contributed by atoms with van der Waals surface area (Å²) >= 11 is 6.56. The highest BCUT2D eigenvalue weighted by Gasteiger charge is 2.26. The Hall–Kier alpha value is -3.21. The number of aromatic amines is 1. The maximum atomic E-state index is 6.56. The first kappa shape index (κ1) is 22.9. The monoisotopic (exact) mass is 506 g/mol. The molecule has 37 heavy (non-hydrogen) atoms. The van der Waals surface area contributed by atoms with Crippen molar-refractivity contribution in [3.63, 3.8) is 0 Å². The highest BCUT2D eigenvalue weighted by atomic mass is 35.5. The Morgan fingerprint density at radius 3 is 2.22 bits per heavy atom. The van der Waals surface area contributed by atoms with Crippen molar-refractivity contribution in [3.05, 3.63) is 83.4 Å². The van der Waals surface area contributed by atoms with Gasteiger partial charge in [-0.05, 0) is 71.8 Å². The maximum Gasteiger partial charge on any atom is 0.133 e. The van der Waals surface area contributed by atoms with Gasteiger partial charge in [0, 0.05) is 35.2 Å². The Morgan fingerprint density at radius 2 is 1.46 bits per heavy atom. The molecule has 0 spiro atoms. The molecule has 1 atom stereocenters. The molecule has 1 saturated carbocycles. The van der Waals surface area contributed by atoms with Gasteiger partial charge >= 0.3 is 0 Å². The van der Waals surface area contributed by atoms with Crippen LogP contribution < -0.4 is 5.32 Å². The van der Waals surface area contributed by atoms with Crippen LogP contribution in [-0.2, 0) is 0 Å². The number of allylic oxidation sites excluding steroid dienone is 1. The number of nitrogens with zero attached hydrogens (tertiary/aromatic N) is 2. The van der Waals surface area contributed by atoms with Crippen LogP contribution in [0.4, 0.5) is 0 Å². The van der Waals surface area contributed by atoms with Gasteiger partial charge in [-0.3, -0.25) is 0 Å². The van der Waals surface area contributed by atoms with E-state index in [1.54, 1.807) is 0 Å². The van der Waals surface area contributed by atoms with Crippen molar-refractivity contribution in [2.45, 2.75) is 56.9 Å². The highest BCUT2D eigenvalue weighted by molar-refractivity contribution is 6.35. The number of fused-ring (bicyclic) bond motifs is 1. The Bertz CT molecular complexity index is 1520. The van der Waals surface area contributed by atoms with Gasteiger partial charge in [0.05, 0.1) is 11.9 Å². The summed E-state index contributed by atoms with van der Waals surface area (Å²) in [7, 11) is 0. The molecule has 3 aliphatic rings. The first-order valence-corrected chi connectivity index (χ1v) is 14.0. The zero-order chi connectivity index (χ0) is 24.8. The molecule has 0 bridgehead atoms. The van der Waals surface area contributed by atoms with Crippen molar-refractivity contribution < 1.29 is 0 Å². The molecule has 7 rings (SSSR count). The Labute approximate surface area is 222 Å². The van der Waals surface area contributed by atoms with Gasteiger partial charge in [-0.25, -0.2) is 9.98 Å². The van der Waals surface area contributed by atoms with Gasteiger partial charge in [0.25, 0.3) is 0 Å². The van der Waals surface area contributed by atoms with Crippen LogP contribution in [0.3, 0.4) is 0 Å². The number of rotatable bonds is 5. The van der Waals surface area contributed by atoms with Crippen LogP contribution in [0.25, 0.3) is 38.7 Å². The number of aromatic nitrogens is 2. The fourth-order valence-electron chi connectivity index (χ4n) is 6.23. The third kappa shape index (κ3) is 4.43. The lowest BCUT2D eigenvalue weighted by molar-refractivity contribution is 0.679. The number of halogens is 1. The molecule has 0 amide bonds. The molecule has 0 unspecified atom stereocenters. The second-order valence-electron chi connectivity index (χ2n) is 10.7. The third-order valence-corrected chi connectivity index (χ3v) is 8.68. The van der Waals surface area contributed by atoms with Gasteiger partial charge in [0.2, 0.25) is 0 Å². The summed E-state index contributed by atoms with van der Waals surface area (Å²) in [4.78, 5) is 13.0. The Kier molecular flexibility index (Phi) is 5.95. The smallest absolute Gasteiger partial charge is 0.133 e. The fourth-order valence-corrected chi connectivity index (χ4v) is 6.51. The molecule has 1 saturated heterocycles. The molecule has 2 aliphatic heterocycles. The van der Waals surface area contributed by atoms with Gasteiger partial charge in [0.15, 0.2) is 0 Å². The largest absolute Gasteiger partial charge is 0.342 e. The number of aliphatic imine (C=N–C) groups is 1. The maximum absolute atomic E-state index is 6.56. The summed E-state index contributed by atoms with van der Waals surface area (Å²) < 4.78 is 0. The van der Waals surface area contributed by atoms with Crippen LogP contribution in [-0.4, -0.2) is 28.3 Å². The standard InChI is InChI=1S/C32H31ClN4/c33-31-27(18-29(36-31)28-6-3-15-34-28)21-9-7-20(8-10-21)23-11-12-25-17-26(14-13-24(25)16-23)30-19-35-32(37-30)22-4-1-2-5-22/h7-14,16-17,19,22,28,34H,1-6,15,18H2,(H,35,37)/t28-/m0/s1. The summed E-state index contributed by atoms with van der Waals surface area (Å²) in [6, 6.07) is 22.5. The van der Waals surface area contributed by atoms with Crippen LogP contribution in [0.2, 0.25) is 0 Å². The van der Waals surface area contributed by atoms with Crippen LogP contribution in [0, 0.1) is 0 Å². The van der Waals surface area contributed by atoms with Crippen LogP contribution in [0.1, 0.15) is 62.3 Å². The van der Waals surface area contributed by atoms with Gasteiger partial charge in [-0.2, -0.15) is 0 Å². The SMILES string of the molecule is ClC1=C(c2ccc(-c3ccc4cc(-c5cnc(C6CCCC6)[nH]5)ccc4c3)cc2)CC([C@@H]2CCCN2)=N1. The summed E-state index contributed by atoms with van der Waals surface area (Å²) in [6.45, 7) is 1.07. The lowest BCUT2D eigenvalue weighted by atomic mass is 9.95. The predicted molar refractivity (Wildman–Crippen MR) is 154 cm³/mol. The average molecular weight is 507 g/mol. The van der Waals surface area contributed by atoms with Crippen LogP contribution in [0.15, 0.2) is 77.0 Å². The minimum absolute atomic E-state index is 0.381. The second-order valence-corrected chi connectivity index (χ2v) is 11.1. The normalized spacial score (nSPS) is 20.4. The van der Waals surface area contributed by atoms with Crippen molar-refractivity contribution >= 4 is 33.7 Å². The number of H-pyrrole nitrogens is 1. The summed E-state index contributed by atoms with van der Waals surface area (Å²) in [5.41, 5.74) is 8.20. The summed E-state index contributed by atoms with van der Waals surface area (Å²) in [5.74, 6) is 1.75. The molecule has 1 aliphatic carbocycles. The van der Waals surface area contributed by atoms with E-state index >= 15 is 0 Å². The van der Waals surface area contributed by atoms with Crippen molar-refractivity contribution in [2.24, 2.45) is 4.99 Å². The van der Waals surface area contributed by atoms with E-state index in [4.69, 9.17) is 16.6 Å². The van der Waals surface area contributed by atoms with Crippen molar-refractivity contribution in [1.82, 2.24) is 15.3 Å². The van der Waals surface area contributed by atoms with Crippen LogP contribution >= 0.6 is 11.6 Å². The predicted octanol–water partition coefficient (Wildman–Crippen LogP) is 8.06. The molecule has 1 aromatic heterocycles. The number of imidazole rings is 1. The zero-order valence-corrected chi connectivity index (χ0v) is 21.7. The number of benzene rings is 3. The molecule has 2 fully saturated rings. The summed E-state index contributed by atoms with van der Waals surface area (Å²) in [5, 5.41) is 6.66. The van der Waals surface area contributed by atoms with E-state index in [1.807, 2.05) is 6.20 Å². The van der Waals surface area contributed by atoms with E-state index in [9.17, 15) is 0 Å². The van der Waals surface area contributed by atoms with E-state index in [2.05, 4.69) is 76.0 Å². The van der Waals surface area contributed by atoms with Crippen molar-refractivity contribution in [3.8, 4) is 22.4 Å². The second kappa shape index (κ2) is 9.59. The first-order valence-electron chi connectivity index (χ1n) is 13.6. The molecule has 4 aromatic rings. The molecule has 186 valence electrons. The van der Waals surface area contributed by atoms with Gasteiger partial charge < -0.3 is 10.3 Å². The van der Waals surface area contributed by atoms with E-state index in [1.165, 1.54) is 65.3 Å². The molecule has 5 heteroatoms. The third-order valence-electron chi connectivity index (χ3n) is 8.37.